The summed E-state index contributed by atoms with van der Waals surface area (Å²) in [5.74, 6) is -0.0283. The number of anilines is 1. The highest BCUT2D eigenvalue weighted by Gasteiger charge is 2.38. The van der Waals surface area contributed by atoms with Crippen molar-refractivity contribution in [2.45, 2.75) is 77.7 Å². The summed E-state index contributed by atoms with van der Waals surface area (Å²) in [4.78, 5) is 30.4. The van der Waals surface area contributed by atoms with Crippen LogP contribution in [0.5, 0.6) is 0 Å². The lowest BCUT2D eigenvalue weighted by Gasteiger charge is -2.43. The largest absolute Gasteiger partial charge is 0.465 e. The van der Waals surface area contributed by atoms with Gasteiger partial charge in [0.2, 0.25) is 5.91 Å². The van der Waals surface area contributed by atoms with E-state index in [2.05, 4.69) is 35.2 Å². The summed E-state index contributed by atoms with van der Waals surface area (Å²) in [7, 11) is 0. The molecule has 35 heavy (non-hydrogen) atoms. The molecule has 2 aromatic rings. The Morgan fingerprint density at radius 1 is 1.09 bits per heavy atom. The van der Waals surface area contributed by atoms with Crippen LogP contribution in [0.1, 0.15) is 64.1 Å². The molecule has 4 rings (SSSR count). The topological polar surface area (TPSA) is 90.1 Å². The van der Waals surface area contributed by atoms with E-state index in [1.807, 2.05) is 32.9 Å². The molecule has 2 aromatic carbocycles. The van der Waals surface area contributed by atoms with Gasteiger partial charge in [-0.1, -0.05) is 30.3 Å². The predicted molar refractivity (Wildman–Crippen MR) is 139 cm³/mol. The van der Waals surface area contributed by atoms with Gasteiger partial charge in [-0.25, -0.2) is 4.79 Å². The van der Waals surface area contributed by atoms with Crippen LogP contribution in [0, 0.1) is 0 Å². The Kier molecular flexibility index (Phi) is 7.47. The first-order valence-electron chi connectivity index (χ1n) is 12.7. The number of piperidine rings is 1. The van der Waals surface area contributed by atoms with Crippen molar-refractivity contribution in [2.24, 2.45) is 5.73 Å². The molecule has 2 unspecified atom stereocenters. The summed E-state index contributed by atoms with van der Waals surface area (Å²) in [6.07, 6.45) is 1.73. The van der Waals surface area contributed by atoms with E-state index < -0.39 is 6.09 Å². The molecule has 2 aliphatic heterocycles. The number of carbonyl (C=O) groups is 2. The fourth-order valence-corrected chi connectivity index (χ4v) is 5.64. The van der Waals surface area contributed by atoms with Gasteiger partial charge in [-0.3, -0.25) is 14.6 Å². The minimum Gasteiger partial charge on any atom is -0.465 e. The van der Waals surface area contributed by atoms with Crippen LogP contribution in [0.3, 0.4) is 0 Å². The molecule has 2 aliphatic rings. The van der Waals surface area contributed by atoms with E-state index in [9.17, 15) is 14.7 Å². The number of hydrogen-bond donors (Lipinski definition) is 2. The van der Waals surface area contributed by atoms with Gasteiger partial charge in [0.25, 0.3) is 0 Å². The summed E-state index contributed by atoms with van der Waals surface area (Å²) in [5.41, 5.74) is 11.1. The second-order valence-corrected chi connectivity index (χ2v) is 10.4. The zero-order valence-electron chi connectivity index (χ0n) is 21.3. The number of hydrogen-bond acceptors (Lipinski definition) is 4. The molecule has 2 atom stereocenters. The first kappa shape index (κ1) is 25.2. The number of benzene rings is 2. The van der Waals surface area contributed by atoms with Gasteiger partial charge in [0, 0.05) is 37.3 Å². The summed E-state index contributed by atoms with van der Waals surface area (Å²) < 4.78 is 0. The third-order valence-corrected chi connectivity index (χ3v) is 7.43. The van der Waals surface area contributed by atoms with Gasteiger partial charge in [-0.2, -0.15) is 0 Å². The molecule has 7 heteroatoms. The first-order chi connectivity index (χ1) is 16.7. The fourth-order valence-electron chi connectivity index (χ4n) is 5.64. The van der Waals surface area contributed by atoms with E-state index in [0.717, 1.165) is 54.9 Å². The van der Waals surface area contributed by atoms with E-state index in [-0.39, 0.29) is 24.0 Å². The van der Waals surface area contributed by atoms with Crippen LogP contribution in [-0.4, -0.2) is 58.1 Å². The number of fused-ring (bicyclic) bond motifs is 1. The van der Waals surface area contributed by atoms with E-state index in [0.29, 0.717) is 12.5 Å². The van der Waals surface area contributed by atoms with Crippen LogP contribution >= 0.6 is 0 Å². The number of amides is 2. The lowest BCUT2D eigenvalue weighted by molar-refractivity contribution is -0.117. The zero-order valence-corrected chi connectivity index (χ0v) is 21.3. The van der Waals surface area contributed by atoms with Gasteiger partial charge in [-0.15, -0.1) is 0 Å². The lowest BCUT2D eigenvalue weighted by Crippen LogP contribution is -2.48. The number of rotatable bonds is 5. The van der Waals surface area contributed by atoms with E-state index in [1.165, 1.54) is 10.5 Å². The van der Waals surface area contributed by atoms with Crippen LogP contribution in [0.25, 0.3) is 11.1 Å². The fraction of sp³-hybridized carbons (Fsp3) is 0.500. The molecular weight excluding hydrogens is 440 g/mol. The van der Waals surface area contributed by atoms with Crippen LogP contribution < -0.4 is 10.6 Å². The molecule has 0 bridgehead atoms. The molecule has 0 aliphatic carbocycles. The Balaban J connectivity index is 1.64. The average molecular weight is 479 g/mol. The Hall–Kier alpha value is -2.90. The minimum absolute atomic E-state index is 0.0283. The summed E-state index contributed by atoms with van der Waals surface area (Å²) in [5, 5.41) is 9.98. The second-order valence-electron chi connectivity index (χ2n) is 10.4. The maximum atomic E-state index is 12.5. The highest BCUT2D eigenvalue weighted by Crippen LogP contribution is 2.43. The molecule has 1 saturated heterocycles. The van der Waals surface area contributed by atoms with E-state index in [4.69, 9.17) is 5.73 Å². The molecule has 2 amide bonds. The normalized spacial score (nSPS) is 21.1. The highest BCUT2D eigenvalue weighted by atomic mass is 16.4. The van der Waals surface area contributed by atoms with Crippen molar-refractivity contribution >= 4 is 17.7 Å². The molecule has 1 fully saturated rings. The SMILES string of the molecule is CC(=O)N1c2ccc(-c3ccc(CN4CCC(N)CC4)cc3)cc2C(N(C(=O)O)C(C)C)CC1C. The number of likely N-dealkylation sites (tertiary alicyclic amines) is 1. The summed E-state index contributed by atoms with van der Waals surface area (Å²) in [6.45, 7) is 10.3. The first-order valence-corrected chi connectivity index (χ1v) is 12.7. The maximum Gasteiger partial charge on any atom is 0.408 e. The van der Waals surface area contributed by atoms with E-state index >= 15 is 0 Å². The van der Waals surface area contributed by atoms with Crippen molar-refractivity contribution in [2.75, 3.05) is 18.0 Å². The van der Waals surface area contributed by atoms with E-state index in [1.54, 1.807) is 11.8 Å². The van der Waals surface area contributed by atoms with Crippen LogP contribution in [0.2, 0.25) is 0 Å². The summed E-state index contributed by atoms with van der Waals surface area (Å²) >= 11 is 0. The molecule has 0 radical (unpaired) electrons. The van der Waals surface area contributed by atoms with Gasteiger partial charge in [0.05, 0.1) is 6.04 Å². The summed E-state index contributed by atoms with van der Waals surface area (Å²) in [6, 6.07) is 14.4. The molecule has 3 N–H and O–H groups in total. The molecule has 188 valence electrons. The van der Waals surface area contributed by atoms with Crippen molar-refractivity contribution in [1.29, 1.82) is 0 Å². The van der Waals surface area contributed by atoms with Crippen LogP contribution in [0.4, 0.5) is 10.5 Å². The maximum absolute atomic E-state index is 12.5. The number of carbonyl (C=O) groups excluding carboxylic acids is 1. The highest BCUT2D eigenvalue weighted by molar-refractivity contribution is 5.94. The van der Waals surface area contributed by atoms with Crippen molar-refractivity contribution in [3.05, 3.63) is 53.6 Å². The molecule has 2 heterocycles. The smallest absolute Gasteiger partial charge is 0.408 e. The van der Waals surface area contributed by atoms with Crippen molar-refractivity contribution < 1.29 is 14.7 Å². The predicted octanol–water partition coefficient (Wildman–Crippen LogP) is 4.85. The van der Waals surface area contributed by atoms with Crippen molar-refractivity contribution in [3.8, 4) is 11.1 Å². The second kappa shape index (κ2) is 10.4. The number of carboxylic acid groups (broad SMARTS) is 1. The Bertz CT molecular complexity index is 1060. The van der Waals surface area contributed by atoms with Crippen LogP contribution in [0.15, 0.2) is 42.5 Å². The monoisotopic (exact) mass is 478 g/mol. The van der Waals surface area contributed by atoms with Crippen molar-refractivity contribution in [3.63, 3.8) is 0 Å². The lowest BCUT2D eigenvalue weighted by atomic mass is 9.87. The number of nitrogens with two attached hydrogens (primary N) is 1. The van der Waals surface area contributed by atoms with Gasteiger partial charge in [0.1, 0.15) is 0 Å². The zero-order chi connectivity index (χ0) is 25.3. The van der Waals surface area contributed by atoms with Crippen molar-refractivity contribution in [1.82, 2.24) is 9.80 Å². The van der Waals surface area contributed by atoms with Gasteiger partial charge in [0.15, 0.2) is 0 Å². The van der Waals surface area contributed by atoms with Gasteiger partial charge >= 0.3 is 6.09 Å². The average Bonchev–Trinajstić information content (AvgIpc) is 2.80. The third kappa shape index (κ3) is 5.36. The van der Waals surface area contributed by atoms with Gasteiger partial charge in [-0.05, 0) is 87.5 Å². The quantitative estimate of drug-likeness (QED) is 0.641. The molecule has 0 saturated carbocycles. The molecule has 0 aromatic heterocycles. The molecule has 7 nitrogen and oxygen atoms in total. The number of nitrogens with zero attached hydrogens (tertiary/aromatic N) is 3. The van der Waals surface area contributed by atoms with Gasteiger partial charge < -0.3 is 15.7 Å². The standard InChI is InChI=1S/C28H38N4O3/c1-18(2)31(28(34)35)27-15-19(3)32(20(4)33)26-10-9-23(16-25(26)27)22-7-5-21(6-8-22)17-30-13-11-24(29)12-14-30/h5-10,16,18-19,24,27H,11-15,17,29H2,1-4H3,(H,34,35). The molecule has 0 spiro atoms. The Labute approximate surface area is 208 Å². The Morgan fingerprint density at radius 3 is 2.29 bits per heavy atom. The van der Waals surface area contributed by atoms with Crippen LogP contribution in [-0.2, 0) is 11.3 Å². The Morgan fingerprint density at radius 2 is 1.71 bits per heavy atom. The minimum atomic E-state index is -0.937. The third-order valence-electron chi connectivity index (χ3n) is 7.43. The molecular formula is C28H38N4O3.